The number of rotatable bonds is 5. The monoisotopic (exact) mass is 383 g/mol. The van der Waals surface area contributed by atoms with Crippen molar-refractivity contribution >= 4 is 31.9 Å². The molecule has 4 heteroatoms. The van der Waals surface area contributed by atoms with Gasteiger partial charge in [0.25, 0.3) is 0 Å². The highest BCUT2D eigenvalue weighted by atomic mass is 79.9. The van der Waals surface area contributed by atoms with Gasteiger partial charge in [0.05, 0.1) is 11.6 Å². The molecular weight excluding hydrogens is 370 g/mol. The van der Waals surface area contributed by atoms with Crippen molar-refractivity contribution in [3.8, 4) is 5.75 Å². The molecule has 0 aliphatic carbocycles. The molecule has 19 heavy (non-hydrogen) atoms. The van der Waals surface area contributed by atoms with Gasteiger partial charge in [0.1, 0.15) is 5.75 Å². The Bertz CT molecular complexity index is 543. The fraction of sp³-hybridized carbons (Fsp3) is 0.200. The molecule has 0 unspecified atom stereocenters. The van der Waals surface area contributed by atoms with Crippen molar-refractivity contribution in [1.82, 2.24) is 5.32 Å². The zero-order valence-corrected chi connectivity index (χ0v) is 13.8. The van der Waals surface area contributed by atoms with Crippen LogP contribution < -0.4 is 10.1 Å². The molecule has 2 aromatic rings. The standard InChI is InChI=1S/C15H15Br2NO/c1-19-15-12(7-13(16)8-14(15)17)10-18-9-11-5-3-2-4-6-11/h2-8,18H,9-10H2,1H3. The average molecular weight is 385 g/mol. The molecule has 0 aromatic heterocycles. The van der Waals surface area contributed by atoms with E-state index < -0.39 is 0 Å². The summed E-state index contributed by atoms with van der Waals surface area (Å²) >= 11 is 7.01. The highest BCUT2D eigenvalue weighted by Crippen LogP contribution is 2.32. The van der Waals surface area contributed by atoms with Gasteiger partial charge in [-0.15, -0.1) is 0 Å². The summed E-state index contributed by atoms with van der Waals surface area (Å²) in [5.74, 6) is 0.878. The third-order valence-corrected chi connectivity index (χ3v) is 3.82. The van der Waals surface area contributed by atoms with Crippen LogP contribution in [0.5, 0.6) is 5.75 Å². The van der Waals surface area contributed by atoms with E-state index in [1.165, 1.54) is 5.56 Å². The van der Waals surface area contributed by atoms with Crippen LogP contribution in [-0.4, -0.2) is 7.11 Å². The molecule has 0 aliphatic heterocycles. The van der Waals surface area contributed by atoms with E-state index in [4.69, 9.17) is 4.74 Å². The van der Waals surface area contributed by atoms with Crippen LogP contribution in [-0.2, 0) is 13.1 Å². The topological polar surface area (TPSA) is 21.3 Å². The number of ether oxygens (including phenoxy) is 1. The van der Waals surface area contributed by atoms with Crippen LogP contribution in [0.1, 0.15) is 11.1 Å². The van der Waals surface area contributed by atoms with Crippen molar-refractivity contribution in [3.63, 3.8) is 0 Å². The molecule has 0 fully saturated rings. The molecule has 0 atom stereocenters. The van der Waals surface area contributed by atoms with Gasteiger partial charge >= 0.3 is 0 Å². The zero-order valence-electron chi connectivity index (χ0n) is 10.6. The Balaban J connectivity index is 2.03. The second kappa shape index (κ2) is 7.08. The number of methoxy groups -OCH3 is 1. The number of halogens is 2. The minimum absolute atomic E-state index is 0.760. The maximum Gasteiger partial charge on any atom is 0.137 e. The normalized spacial score (nSPS) is 10.5. The smallest absolute Gasteiger partial charge is 0.137 e. The van der Waals surface area contributed by atoms with Crippen molar-refractivity contribution in [3.05, 3.63) is 62.5 Å². The highest BCUT2D eigenvalue weighted by Gasteiger charge is 2.08. The first-order valence-electron chi connectivity index (χ1n) is 5.97. The van der Waals surface area contributed by atoms with Gasteiger partial charge in [-0.25, -0.2) is 0 Å². The second-order valence-corrected chi connectivity index (χ2v) is 5.94. The van der Waals surface area contributed by atoms with Crippen LogP contribution in [0.2, 0.25) is 0 Å². The Morgan fingerprint density at radius 1 is 1.05 bits per heavy atom. The summed E-state index contributed by atoms with van der Waals surface area (Å²) in [5, 5.41) is 3.43. The summed E-state index contributed by atoms with van der Waals surface area (Å²) in [4.78, 5) is 0. The first-order chi connectivity index (χ1) is 9.20. The first kappa shape index (κ1) is 14.6. The lowest BCUT2D eigenvalue weighted by Gasteiger charge is -2.12. The molecule has 100 valence electrons. The Kier molecular flexibility index (Phi) is 5.43. The van der Waals surface area contributed by atoms with Gasteiger partial charge in [0, 0.05) is 23.1 Å². The molecular formula is C15H15Br2NO. The molecule has 0 bridgehead atoms. The van der Waals surface area contributed by atoms with E-state index in [1.54, 1.807) is 7.11 Å². The van der Waals surface area contributed by atoms with Gasteiger partial charge in [-0.3, -0.25) is 0 Å². The largest absolute Gasteiger partial charge is 0.495 e. The predicted octanol–water partition coefficient (Wildman–Crippen LogP) is 4.51. The van der Waals surface area contributed by atoms with E-state index >= 15 is 0 Å². The molecule has 0 saturated carbocycles. The van der Waals surface area contributed by atoms with Crippen LogP contribution in [0.25, 0.3) is 0 Å². The minimum Gasteiger partial charge on any atom is -0.495 e. The van der Waals surface area contributed by atoms with Gasteiger partial charge in [-0.05, 0) is 33.6 Å². The quantitative estimate of drug-likeness (QED) is 0.818. The highest BCUT2D eigenvalue weighted by molar-refractivity contribution is 9.11. The summed E-state index contributed by atoms with van der Waals surface area (Å²) in [6, 6.07) is 14.4. The molecule has 0 heterocycles. The molecule has 0 aliphatic rings. The molecule has 0 radical (unpaired) electrons. The number of hydrogen-bond donors (Lipinski definition) is 1. The SMILES string of the molecule is COc1c(Br)cc(Br)cc1CNCc1ccccc1. The fourth-order valence-corrected chi connectivity index (χ4v) is 3.39. The lowest BCUT2D eigenvalue weighted by molar-refractivity contribution is 0.405. The molecule has 1 N–H and O–H groups in total. The van der Waals surface area contributed by atoms with E-state index in [2.05, 4.69) is 55.4 Å². The number of nitrogens with one attached hydrogen (secondary N) is 1. The van der Waals surface area contributed by atoms with E-state index in [0.717, 1.165) is 33.3 Å². The van der Waals surface area contributed by atoms with E-state index in [0.29, 0.717) is 0 Å². The van der Waals surface area contributed by atoms with Crippen LogP contribution in [0.4, 0.5) is 0 Å². The first-order valence-corrected chi connectivity index (χ1v) is 7.56. The predicted molar refractivity (Wildman–Crippen MR) is 85.4 cm³/mol. The van der Waals surface area contributed by atoms with Gasteiger partial charge in [-0.1, -0.05) is 46.3 Å². The van der Waals surface area contributed by atoms with Crippen molar-refractivity contribution in [2.75, 3.05) is 7.11 Å². The van der Waals surface area contributed by atoms with Crippen molar-refractivity contribution in [2.45, 2.75) is 13.1 Å². The zero-order chi connectivity index (χ0) is 13.7. The third kappa shape index (κ3) is 4.06. The summed E-state index contributed by atoms with van der Waals surface area (Å²) in [6.07, 6.45) is 0. The average Bonchev–Trinajstić information content (AvgIpc) is 2.39. The van der Waals surface area contributed by atoms with Gasteiger partial charge in [0.15, 0.2) is 0 Å². The molecule has 2 nitrogen and oxygen atoms in total. The Hall–Kier alpha value is -0.840. The van der Waals surface area contributed by atoms with E-state index in [9.17, 15) is 0 Å². The number of hydrogen-bond acceptors (Lipinski definition) is 2. The Morgan fingerprint density at radius 2 is 1.79 bits per heavy atom. The van der Waals surface area contributed by atoms with Crippen LogP contribution in [0, 0.1) is 0 Å². The van der Waals surface area contributed by atoms with Gasteiger partial charge < -0.3 is 10.1 Å². The second-order valence-electron chi connectivity index (χ2n) is 4.17. The fourth-order valence-electron chi connectivity index (χ4n) is 1.91. The van der Waals surface area contributed by atoms with E-state index in [-0.39, 0.29) is 0 Å². The van der Waals surface area contributed by atoms with Crippen LogP contribution in [0.3, 0.4) is 0 Å². The molecule has 0 amide bonds. The Morgan fingerprint density at radius 3 is 2.47 bits per heavy atom. The molecule has 2 aromatic carbocycles. The van der Waals surface area contributed by atoms with Crippen LogP contribution >= 0.6 is 31.9 Å². The molecule has 0 saturated heterocycles. The maximum absolute atomic E-state index is 5.43. The summed E-state index contributed by atoms with van der Waals surface area (Å²) in [7, 11) is 1.69. The van der Waals surface area contributed by atoms with Gasteiger partial charge in [-0.2, -0.15) is 0 Å². The molecule has 2 rings (SSSR count). The lowest BCUT2D eigenvalue weighted by atomic mass is 10.2. The molecule has 0 spiro atoms. The summed E-state index contributed by atoms with van der Waals surface area (Å²) < 4.78 is 7.42. The summed E-state index contributed by atoms with van der Waals surface area (Å²) in [6.45, 7) is 1.60. The minimum atomic E-state index is 0.760. The third-order valence-electron chi connectivity index (χ3n) is 2.78. The Labute approximate surface area is 130 Å². The lowest BCUT2D eigenvalue weighted by Crippen LogP contribution is -2.13. The van der Waals surface area contributed by atoms with Crippen molar-refractivity contribution in [1.29, 1.82) is 0 Å². The van der Waals surface area contributed by atoms with E-state index in [1.807, 2.05) is 24.3 Å². The maximum atomic E-state index is 5.43. The van der Waals surface area contributed by atoms with Crippen molar-refractivity contribution in [2.24, 2.45) is 0 Å². The van der Waals surface area contributed by atoms with Crippen molar-refractivity contribution < 1.29 is 4.74 Å². The van der Waals surface area contributed by atoms with Crippen LogP contribution in [0.15, 0.2) is 51.4 Å². The van der Waals surface area contributed by atoms with Gasteiger partial charge in [0.2, 0.25) is 0 Å². The summed E-state index contributed by atoms with van der Waals surface area (Å²) in [5.41, 5.74) is 2.40. The number of benzene rings is 2.